The molecule has 4 aromatic carbocycles. The molecule has 0 saturated heterocycles. The van der Waals surface area contributed by atoms with E-state index >= 15 is 0 Å². The van der Waals surface area contributed by atoms with E-state index in [1.165, 1.54) is 24.3 Å². The van der Waals surface area contributed by atoms with E-state index in [9.17, 15) is 20.2 Å². The summed E-state index contributed by atoms with van der Waals surface area (Å²) in [5.74, 6) is 0. The lowest BCUT2D eigenvalue weighted by Crippen LogP contribution is -1.88. The molecule has 0 aliphatic carbocycles. The highest BCUT2D eigenvalue weighted by molar-refractivity contribution is 8.76. The third-order valence-corrected chi connectivity index (χ3v) is 7.26. The first-order valence-corrected chi connectivity index (χ1v) is 12.7. The molecule has 8 nitrogen and oxygen atoms in total. The minimum Gasteiger partial charge on any atom is -0.258 e. The van der Waals surface area contributed by atoms with Crippen molar-refractivity contribution in [3.05, 3.63) is 128 Å². The van der Waals surface area contributed by atoms with Crippen molar-refractivity contribution in [2.24, 2.45) is 9.98 Å². The van der Waals surface area contributed by atoms with Crippen LogP contribution in [0.1, 0.15) is 11.1 Å². The Balaban J connectivity index is 1.28. The molecule has 0 unspecified atom stereocenters. The smallest absolute Gasteiger partial charge is 0.258 e. The molecule has 0 fully saturated rings. The van der Waals surface area contributed by atoms with Crippen LogP contribution in [0.15, 0.2) is 117 Å². The zero-order valence-electron chi connectivity index (χ0n) is 18.6. The summed E-state index contributed by atoms with van der Waals surface area (Å²) in [6.07, 6.45) is 3.35. The van der Waals surface area contributed by atoms with Gasteiger partial charge in [0.15, 0.2) is 0 Å². The maximum absolute atomic E-state index is 10.7. The Bertz CT molecular complexity index is 1290. The van der Waals surface area contributed by atoms with Crippen molar-refractivity contribution in [1.82, 2.24) is 0 Å². The monoisotopic (exact) mass is 514 g/mol. The molecule has 0 aliphatic heterocycles. The highest BCUT2D eigenvalue weighted by Crippen LogP contribution is 2.38. The van der Waals surface area contributed by atoms with Gasteiger partial charge in [0.25, 0.3) is 11.4 Å². The summed E-state index contributed by atoms with van der Waals surface area (Å²) in [5.41, 5.74) is 3.26. The number of nitrogens with zero attached hydrogens (tertiary/aromatic N) is 4. The van der Waals surface area contributed by atoms with E-state index in [0.717, 1.165) is 32.3 Å². The SMILES string of the molecule is O=[N+]([O-])c1ccc(/C=N\c2ccc(SSc3ccc(/N=C\c4ccc([N+](=O)[O-])cc4)cc3)cc2)cc1. The fourth-order valence-corrected chi connectivity index (χ4v) is 4.86. The number of aliphatic imine (C=N–C) groups is 2. The van der Waals surface area contributed by atoms with Crippen molar-refractivity contribution in [3.63, 3.8) is 0 Å². The van der Waals surface area contributed by atoms with E-state index in [1.807, 2.05) is 48.5 Å². The average molecular weight is 515 g/mol. The third-order valence-electron chi connectivity index (χ3n) is 4.84. The van der Waals surface area contributed by atoms with Gasteiger partial charge in [-0.3, -0.25) is 30.2 Å². The zero-order chi connectivity index (χ0) is 25.3. The van der Waals surface area contributed by atoms with Gasteiger partial charge < -0.3 is 0 Å². The topological polar surface area (TPSA) is 111 Å². The Morgan fingerprint density at radius 3 is 1.17 bits per heavy atom. The largest absolute Gasteiger partial charge is 0.269 e. The van der Waals surface area contributed by atoms with Gasteiger partial charge in [-0.05, 0) is 83.9 Å². The second-order valence-corrected chi connectivity index (χ2v) is 9.64. The Labute approximate surface area is 214 Å². The highest BCUT2D eigenvalue weighted by atomic mass is 33.1. The summed E-state index contributed by atoms with van der Waals surface area (Å²) in [7, 11) is 3.26. The first-order valence-electron chi connectivity index (χ1n) is 10.6. The molecule has 10 heteroatoms. The van der Waals surface area contributed by atoms with Crippen LogP contribution in [-0.2, 0) is 0 Å². The van der Waals surface area contributed by atoms with Crippen molar-refractivity contribution in [2.45, 2.75) is 9.79 Å². The maximum atomic E-state index is 10.7. The summed E-state index contributed by atoms with van der Waals surface area (Å²) < 4.78 is 0. The van der Waals surface area contributed by atoms with Gasteiger partial charge in [0.2, 0.25) is 0 Å². The molecular weight excluding hydrogens is 496 g/mol. The molecule has 0 atom stereocenters. The lowest BCUT2D eigenvalue weighted by atomic mass is 10.2. The lowest BCUT2D eigenvalue weighted by Gasteiger charge is -2.03. The van der Waals surface area contributed by atoms with E-state index in [0.29, 0.717) is 0 Å². The third kappa shape index (κ3) is 7.11. The van der Waals surface area contributed by atoms with Crippen LogP contribution >= 0.6 is 21.6 Å². The first-order chi connectivity index (χ1) is 17.5. The van der Waals surface area contributed by atoms with Crippen molar-refractivity contribution < 1.29 is 9.85 Å². The molecule has 178 valence electrons. The quantitative estimate of drug-likeness (QED) is 0.0975. The molecule has 4 aromatic rings. The molecule has 0 radical (unpaired) electrons. The van der Waals surface area contributed by atoms with Crippen LogP contribution in [-0.4, -0.2) is 22.3 Å². The molecular formula is C26H18N4O4S2. The number of hydrogen-bond donors (Lipinski definition) is 0. The van der Waals surface area contributed by atoms with E-state index in [2.05, 4.69) is 9.98 Å². The summed E-state index contributed by atoms with van der Waals surface area (Å²) in [4.78, 5) is 31.6. The Morgan fingerprint density at radius 2 is 0.861 bits per heavy atom. The van der Waals surface area contributed by atoms with Crippen LogP contribution in [0.2, 0.25) is 0 Å². The van der Waals surface area contributed by atoms with Gasteiger partial charge in [-0.25, -0.2) is 0 Å². The minimum atomic E-state index is -0.428. The van der Waals surface area contributed by atoms with Gasteiger partial charge in [0, 0.05) is 46.5 Å². The highest BCUT2D eigenvalue weighted by Gasteiger charge is 2.04. The molecule has 4 rings (SSSR count). The van der Waals surface area contributed by atoms with Crippen LogP contribution in [0, 0.1) is 20.2 Å². The standard InChI is InChI=1S/C26H18N4O4S2/c31-29(32)23-9-1-19(2-10-23)17-27-21-5-13-25(14-6-21)35-36-26-15-7-22(8-16-26)28-18-20-3-11-24(12-4-20)30(33)34/h1-18H/b27-17-,28-18-. The summed E-state index contributed by atoms with van der Waals surface area (Å²) in [6, 6.07) is 28.1. The van der Waals surface area contributed by atoms with Crippen molar-refractivity contribution in [1.29, 1.82) is 0 Å². The molecule has 0 amide bonds. The first kappa shape index (κ1) is 24.8. The summed E-state index contributed by atoms with van der Waals surface area (Å²) in [5, 5.41) is 21.5. The molecule has 0 spiro atoms. The fraction of sp³-hybridized carbons (Fsp3) is 0. The number of non-ortho nitro benzene ring substituents is 2. The number of rotatable bonds is 9. The van der Waals surface area contributed by atoms with Crippen molar-refractivity contribution in [3.8, 4) is 0 Å². The molecule has 0 aromatic heterocycles. The Kier molecular flexibility index (Phi) is 8.22. The van der Waals surface area contributed by atoms with Gasteiger partial charge in [-0.1, -0.05) is 21.6 Å². The fourth-order valence-electron chi connectivity index (χ4n) is 2.93. The van der Waals surface area contributed by atoms with Gasteiger partial charge in [0.05, 0.1) is 21.2 Å². The zero-order valence-corrected chi connectivity index (χ0v) is 20.3. The van der Waals surface area contributed by atoms with Crippen LogP contribution < -0.4 is 0 Å². The molecule has 0 N–H and O–H groups in total. The molecule has 36 heavy (non-hydrogen) atoms. The maximum Gasteiger partial charge on any atom is 0.269 e. The van der Waals surface area contributed by atoms with Crippen LogP contribution in [0.25, 0.3) is 0 Å². The van der Waals surface area contributed by atoms with E-state index in [1.54, 1.807) is 58.3 Å². The number of nitro groups is 2. The van der Waals surface area contributed by atoms with E-state index < -0.39 is 9.85 Å². The predicted molar refractivity (Wildman–Crippen MR) is 145 cm³/mol. The normalized spacial score (nSPS) is 11.2. The number of nitro benzene ring substituents is 2. The van der Waals surface area contributed by atoms with Crippen molar-refractivity contribution in [2.75, 3.05) is 0 Å². The minimum absolute atomic E-state index is 0.0515. The van der Waals surface area contributed by atoms with Gasteiger partial charge in [-0.15, -0.1) is 0 Å². The van der Waals surface area contributed by atoms with Gasteiger partial charge in [-0.2, -0.15) is 0 Å². The van der Waals surface area contributed by atoms with E-state index in [4.69, 9.17) is 0 Å². The lowest BCUT2D eigenvalue weighted by molar-refractivity contribution is -0.385. The summed E-state index contributed by atoms with van der Waals surface area (Å²) in [6.45, 7) is 0. The van der Waals surface area contributed by atoms with E-state index in [-0.39, 0.29) is 11.4 Å². The molecule has 0 aliphatic rings. The van der Waals surface area contributed by atoms with Gasteiger partial charge in [0.1, 0.15) is 0 Å². The molecule has 0 bridgehead atoms. The van der Waals surface area contributed by atoms with Crippen LogP contribution in [0.3, 0.4) is 0 Å². The Morgan fingerprint density at radius 1 is 0.528 bits per heavy atom. The van der Waals surface area contributed by atoms with Crippen LogP contribution in [0.4, 0.5) is 22.7 Å². The summed E-state index contributed by atoms with van der Waals surface area (Å²) >= 11 is 0. The second-order valence-electron chi connectivity index (χ2n) is 7.37. The van der Waals surface area contributed by atoms with Crippen molar-refractivity contribution >= 4 is 56.8 Å². The van der Waals surface area contributed by atoms with Crippen LogP contribution in [0.5, 0.6) is 0 Å². The molecule has 0 heterocycles. The second kappa shape index (κ2) is 11.9. The molecule has 0 saturated carbocycles. The average Bonchev–Trinajstić information content (AvgIpc) is 2.91. The van der Waals surface area contributed by atoms with Gasteiger partial charge >= 0.3 is 0 Å². The Hall–Kier alpha value is -4.28. The number of benzene rings is 4. The number of hydrogen-bond acceptors (Lipinski definition) is 8. The predicted octanol–water partition coefficient (Wildman–Crippen LogP) is 7.80.